The van der Waals surface area contributed by atoms with E-state index in [-0.39, 0.29) is 5.69 Å². The Kier molecular flexibility index (Phi) is 4.63. The van der Waals surface area contributed by atoms with E-state index in [1.165, 1.54) is 0 Å². The molecule has 24 heavy (non-hydrogen) atoms. The van der Waals surface area contributed by atoms with Gasteiger partial charge in [0.25, 0.3) is 0 Å². The molecular formula is C18H15N3O3. The van der Waals surface area contributed by atoms with Crippen LogP contribution in [0.1, 0.15) is 22.9 Å². The van der Waals surface area contributed by atoms with Crippen molar-refractivity contribution in [2.45, 2.75) is 6.54 Å². The Hall–Kier alpha value is -3.46. The van der Waals surface area contributed by atoms with Crippen molar-refractivity contribution in [3.8, 4) is 11.8 Å². The second kappa shape index (κ2) is 7.20. The van der Waals surface area contributed by atoms with Crippen molar-refractivity contribution in [2.75, 3.05) is 12.4 Å². The van der Waals surface area contributed by atoms with Gasteiger partial charge in [-0.2, -0.15) is 10.2 Å². The van der Waals surface area contributed by atoms with Crippen LogP contribution in [0, 0.1) is 11.3 Å². The van der Waals surface area contributed by atoms with E-state index in [2.05, 4.69) is 10.3 Å². The Morgan fingerprint density at radius 2 is 2.12 bits per heavy atom. The summed E-state index contributed by atoms with van der Waals surface area (Å²) >= 11 is 0. The molecule has 2 heterocycles. The second-order valence-corrected chi connectivity index (χ2v) is 4.85. The van der Waals surface area contributed by atoms with Gasteiger partial charge in [-0.25, -0.2) is 0 Å². The van der Waals surface area contributed by atoms with Crippen molar-refractivity contribution >= 4 is 18.0 Å². The molecule has 0 atom stereocenters. The predicted molar refractivity (Wildman–Crippen MR) is 89.2 cm³/mol. The Balaban J connectivity index is 1.77. The molecule has 0 aliphatic heterocycles. The van der Waals surface area contributed by atoms with E-state index in [9.17, 15) is 5.26 Å². The Morgan fingerprint density at radius 3 is 2.88 bits per heavy atom. The summed E-state index contributed by atoms with van der Waals surface area (Å²) in [6.07, 6.45) is 5.10. The van der Waals surface area contributed by atoms with E-state index < -0.39 is 0 Å². The van der Waals surface area contributed by atoms with E-state index >= 15 is 0 Å². The topological polar surface area (TPSA) is 84.2 Å². The van der Waals surface area contributed by atoms with E-state index in [4.69, 9.17) is 13.6 Å². The van der Waals surface area contributed by atoms with Crippen LogP contribution >= 0.6 is 0 Å². The van der Waals surface area contributed by atoms with Crippen LogP contribution in [0.2, 0.25) is 0 Å². The van der Waals surface area contributed by atoms with Crippen molar-refractivity contribution < 1.29 is 13.6 Å². The largest absolute Gasteiger partial charge is 0.496 e. The number of aromatic nitrogens is 1. The summed E-state index contributed by atoms with van der Waals surface area (Å²) in [6.45, 7) is 0.409. The Morgan fingerprint density at radius 1 is 1.25 bits per heavy atom. The van der Waals surface area contributed by atoms with Crippen molar-refractivity contribution in [3.63, 3.8) is 0 Å². The minimum Gasteiger partial charge on any atom is -0.496 e. The quantitative estimate of drug-likeness (QED) is 0.740. The maximum atomic E-state index is 9.18. The monoisotopic (exact) mass is 321 g/mol. The molecule has 0 radical (unpaired) electrons. The molecule has 120 valence electrons. The molecule has 6 nitrogen and oxygen atoms in total. The number of nitrogens with one attached hydrogen (secondary N) is 1. The van der Waals surface area contributed by atoms with Crippen LogP contribution < -0.4 is 10.1 Å². The van der Waals surface area contributed by atoms with Gasteiger partial charge >= 0.3 is 0 Å². The number of hydrogen-bond acceptors (Lipinski definition) is 6. The summed E-state index contributed by atoms with van der Waals surface area (Å²) in [4.78, 5) is 4.15. The van der Waals surface area contributed by atoms with Crippen molar-refractivity contribution in [2.24, 2.45) is 0 Å². The molecule has 0 bridgehead atoms. The van der Waals surface area contributed by atoms with Gasteiger partial charge in [-0.3, -0.25) is 0 Å². The predicted octanol–water partition coefficient (Wildman–Crippen LogP) is 3.93. The number of rotatable bonds is 6. The van der Waals surface area contributed by atoms with Crippen molar-refractivity contribution in [1.82, 2.24) is 4.98 Å². The molecule has 0 unspecified atom stereocenters. The van der Waals surface area contributed by atoms with E-state index in [1.807, 2.05) is 42.5 Å². The third kappa shape index (κ3) is 3.47. The Bertz CT molecular complexity index is 873. The van der Waals surface area contributed by atoms with Gasteiger partial charge < -0.3 is 18.9 Å². The Labute approximate surface area is 139 Å². The molecule has 0 amide bonds. The lowest BCUT2D eigenvalue weighted by atomic mass is 10.2. The van der Waals surface area contributed by atoms with E-state index in [1.54, 1.807) is 25.5 Å². The summed E-state index contributed by atoms with van der Waals surface area (Å²) < 4.78 is 16.1. The number of benzene rings is 1. The number of anilines is 1. The highest BCUT2D eigenvalue weighted by Crippen LogP contribution is 2.22. The first-order chi connectivity index (χ1) is 11.8. The summed E-state index contributed by atoms with van der Waals surface area (Å²) in [6, 6.07) is 13.2. The number of methoxy groups -OCH3 is 1. The molecule has 0 aliphatic carbocycles. The SMILES string of the molecule is COc1ccccc1C=Cc1nc(C#N)c(NCc2ccco2)o1. The van der Waals surface area contributed by atoms with Crippen LogP contribution in [-0.4, -0.2) is 12.1 Å². The van der Waals surface area contributed by atoms with Gasteiger partial charge in [0.05, 0.1) is 19.9 Å². The van der Waals surface area contributed by atoms with Gasteiger partial charge in [-0.05, 0) is 24.3 Å². The first-order valence-corrected chi connectivity index (χ1v) is 7.28. The van der Waals surface area contributed by atoms with Gasteiger partial charge in [0.2, 0.25) is 17.5 Å². The molecule has 0 aliphatic rings. The zero-order valence-electron chi connectivity index (χ0n) is 13.0. The van der Waals surface area contributed by atoms with Crippen LogP contribution in [0.5, 0.6) is 5.75 Å². The average molecular weight is 321 g/mol. The number of nitriles is 1. The molecule has 0 fully saturated rings. The fourth-order valence-electron chi connectivity index (χ4n) is 2.15. The molecule has 2 aromatic heterocycles. The van der Waals surface area contributed by atoms with Crippen LogP contribution in [0.4, 0.5) is 5.88 Å². The van der Waals surface area contributed by atoms with Gasteiger partial charge in [0.15, 0.2) is 0 Å². The number of oxazole rings is 1. The highest BCUT2D eigenvalue weighted by Gasteiger charge is 2.11. The van der Waals surface area contributed by atoms with Crippen LogP contribution in [0.15, 0.2) is 51.5 Å². The lowest BCUT2D eigenvalue weighted by molar-refractivity contribution is 0.414. The third-order valence-corrected chi connectivity index (χ3v) is 3.30. The zero-order chi connectivity index (χ0) is 16.8. The van der Waals surface area contributed by atoms with Gasteiger partial charge in [-0.1, -0.05) is 18.2 Å². The summed E-state index contributed by atoms with van der Waals surface area (Å²) in [5.41, 5.74) is 1.09. The fraction of sp³-hybridized carbons (Fsp3) is 0.111. The number of hydrogen-bond donors (Lipinski definition) is 1. The van der Waals surface area contributed by atoms with Gasteiger partial charge in [-0.15, -0.1) is 0 Å². The highest BCUT2D eigenvalue weighted by atomic mass is 16.5. The van der Waals surface area contributed by atoms with Gasteiger partial charge in [0, 0.05) is 11.6 Å². The van der Waals surface area contributed by atoms with E-state index in [0.717, 1.165) is 17.1 Å². The number of ether oxygens (including phenoxy) is 1. The molecule has 0 saturated carbocycles. The van der Waals surface area contributed by atoms with Gasteiger partial charge in [0.1, 0.15) is 17.6 Å². The number of furan rings is 1. The average Bonchev–Trinajstić information content (AvgIpc) is 3.27. The fourth-order valence-corrected chi connectivity index (χ4v) is 2.15. The maximum absolute atomic E-state index is 9.18. The summed E-state index contributed by atoms with van der Waals surface area (Å²) in [5.74, 6) is 2.13. The standard InChI is InChI=1S/C18H15N3O3/c1-22-16-7-3-2-5-13(16)8-9-17-21-15(11-19)18(24-17)20-12-14-6-4-10-23-14/h2-10,20H,12H2,1H3. The molecule has 0 saturated heterocycles. The minimum absolute atomic E-state index is 0.196. The molecule has 1 N–H and O–H groups in total. The lowest BCUT2D eigenvalue weighted by Gasteiger charge is -2.02. The molecule has 1 aromatic carbocycles. The first-order valence-electron chi connectivity index (χ1n) is 7.28. The minimum atomic E-state index is 0.196. The van der Waals surface area contributed by atoms with E-state index in [0.29, 0.717) is 18.3 Å². The molecular weight excluding hydrogens is 306 g/mol. The highest BCUT2D eigenvalue weighted by molar-refractivity contribution is 5.70. The van der Waals surface area contributed by atoms with Crippen molar-refractivity contribution in [1.29, 1.82) is 5.26 Å². The molecule has 6 heteroatoms. The first kappa shape index (κ1) is 15.4. The summed E-state index contributed by atoms with van der Waals surface area (Å²) in [5, 5.41) is 12.2. The van der Waals surface area contributed by atoms with Crippen LogP contribution in [0.3, 0.4) is 0 Å². The number of nitrogens with zero attached hydrogens (tertiary/aromatic N) is 2. The lowest BCUT2D eigenvalue weighted by Crippen LogP contribution is -1.98. The zero-order valence-corrected chi connectivity index (χ0v) is 13.0. The number of para-hydroxylation sites is 1. The van der Waals surface area contributed by atoms with Crippen LogP contribution in [-0.2, 0) is 6.54 Å². The maximum Gasteiger partial charge on any atom is 0.232 e. The second-order valence-electron chi connectivity index (χ2n) is 4.85. The normalized spacial score (nSPS) is 10.7. The van der Waals surface area contributed by atoms with Crippen LogP contribution in [0.25, 0.3) is 12.2 Å². The van der Waals surface area contributed by atoms with Crippen molar-refractivity contribution in [3.05, 3.63) is 65.6 Å². The smallest absolute Gasteiger partial charge is 0.232 e. The molecule has 3 rings (SSSR count). The summed E-state index contributed by atoms with van der Waals surface area (Å²) in [7, 11) is 1.61. The molecule has 3 aromatic rings. The molecule has 0 spiro atoms. The third-order valence-electron chi connectivity index (χ3n) is 3.30.